The van der Waals surface area contributed by atoms with Gasteiger partial charge in [-0.15, -0.1) is 0 Å². The first-order chi connectivity index (χ1) is 27.8. The molecule has 0 aliphatic heterocycles. The van der Waals surface area contributed by atoms with Crippen LogP contribution in [-0.2, 0) is 0 Å². The first kappa shape index (κ1) is 33.2. The summed E-state index contributed by atoms with van der Waals surface area (Å²) in [6.07, 6.45) is 0. The molecule has 0 saturated carbocycles. The Labute approximate surface area is 327 Å². The fraction of sp³-hybridized carbons (Fsp3) is 0. The summed E-state index contributed by atoms with van der Waals surface area (Å²) >= 11 is 0. The van der Waals surface area contributed by atoms with Crippen LogP contribution in [0.3, 0.4) is 0 Å². The Morgan fingerprint density at radius 1 is 0.268 bits per heavy atom. The predicted octanol–water partition coefficient (Wildman–Crippen LogP) is 14.9. The van der Waals surface area contributed by atoms with Gasteiger partial charge >= 0.3 is 0 Å². The van der Waals surface area contributed by atoms with Crippen LogP contribution in [0.4, 0.5) is 17.1 Å². The zero-order chi connectivity index (χ0) is 37.3. The molecule has 9 aromatic carbocycles. The average Bonchev–Trinajstić information content (AvgIpc) is 3.62. The van der Waals surface area contributed by atoms with Crippen molar-refractivity contribution >= 4 is 38.9 Å². The minimum atomic E-state index is 1.11. The largest absolute Gasteiger partial charge is 0.311 e. The molecule has 1 heterocycles. The van der Waals surface area contributed by atoms with E-state index in [0.717, 1.165) is 17.1 Å². The van der Waals surface area contributed by atoms with Gasteiger partial charge in [-0.1, -0.05) is 158 Å². The Bertz CT molecular complexity index is 2930. The van der Waals surface area contributed by atoms with Gasteiger partial charge in [0, 0.05) is 33.5 Å². The van der Waals surface area contributed by atoms with Crippen molar-refractivity contribution in [2.45, 2.75) is 0 Å². The first-order valence-electron chi connectivity index (χ1n) is 19.2. The lowest BCUT2D eigenvalue weighted by atomic mass is 9.92. The van der Waals surface area contributed by atoms with Crippen LogP contribution in [0, 0.1) is 0 Å². The summed E-state index contributed by atoms with van der Waals surface area (Å²) in [7, 11) is 0. The van der Waals surface area contributed by atoms with Gasteiger partial charge in [-0.3, -0.25) is 0 Å². The first-order valence-corrected chi connectivity index (χ1v) is 19.2. The molecule has 0 unspecified atom stereocenters. The summed E-state index contributed by atoms with van der Waals surface area (Å²) in [6.45, 7) is 0. The van der Waals surface area contributed by atoms with E-state index in [9.17, 15) is 0 Å². The van der Waals surface area contributed by atoms with E-state index < -0.39 is 0 Å². The van der Waals surface area contributed by atoms with E-state index in [4.69, 9.17) is 0 Å². The number of hydrogen-bond acceptors (Lipinski definition) is 1. The second-order valence-electron chi connectivity index (χ2n) is 14.2. The minimum absolute atomic E-state index is 1.11. The Morgan fingerprint density at radius 2 is 0.732 bits per heavy atom. The summed E-state index contributed by atoms with van der Waals surface area (Å²) < 4.78 is 2.37. The molecule has 10 aromatic rings. The minimum Gasteiger partial charge on any atom is -0.311 e. The maximum absolute atomic E-state index is 2.37. The number of fused-ring (bicyclic) bond motifs is 3. The van der Waals surface area contributed by atoms with Crippen LogP contribution >= 0.6 is 0 Å². The van der Waals surface area contributed by atoms with Crippen molar-refractivity contribution in [1.29, 1.82) is 0 Å². The highest BCUT2D eigenvalue weighted by Crippen LogP contribution is 2.40. The van der Waals surface area contributed by atoms with E-state index in [1.165, 1.54) is 72.0 Å². The average molecular weight is 715 g/mol. The van der Waals surface area contributed by atoms with Gasteiger partial charge in [0.1, 0.15) is 0 Å². The van der Waals surface area contributed by atoms with Crippen LogP contribution in [0.25, 0.3) is 72.0 Å². The highest BCUT2D eigenvalue weighted by atomic mass is 15.1. The van der Waals surface area contributed by atoms with Crippen molar-refractivity contribution in [3.05, 3.63) is 231 Å². The van der Waals surface area contributed by atoms with Gasteiger partial charge in [0.05, 0.1) is 11.0 Å². The van der Waals surface area contributed by atoms with Crippen molar-refractivity contribution < 1.29 is 0 Å². The van der Waals surface area contributed by atoms with Crippen molar-refractivity contribution in [3.8, 4) is 50.2 Å². The molecule has 0 radical (unpaired) electrons. The molecule has 0 bridgehead atoms. The van der Waals surface area contributed by atoms with E-state index in [0.29, 0.717) is 0 Å². The van der Waals surface area contributed by atoms with Gasteiger partial charge in [0.15, 0.2) is 0 Å². The summed E-state index contributed by atoms with van der Waals surface area (Å²) in [5.41, 5.74) is 16.5. The number of benzene rings is 9. The highest BCUT2D eigenvalue weighted by molar-refractivity contribution is 6.10. The summed E-state index contributed by atoms with van der Waals surface area (Å²) in [6, 6.07) is 82.9. The Balaban J connectivity index is 0.994. The van der Waals surface area contributed by atoms with Gasteiger partial charge in [0.2, 0.25) is 0 Å². The molecule has 0 fully saturated rings. The number of hydrogen-bond donors (Lipinski definition) is 0. The Morgan fingerprint density at radius 3 is 1.45 bits per heavy atom. The zero-order valence-corrected chi connectivity index (χ0v) is 30.8. The van der Waals surface area contributed by atoms with E-state index in [2.05, 4.69) is 240 Å². The normalized spacial score (nSPS) is 11.2. The summed E-state index contributed by atoms with van der Waals surface area (Å²) in [4.78, 5) is 2.32. The van der Waals surface area contributed by atoms with Gasteiger partial charge in [0.25, 0.3) is 0 Å². The number of rotatable bonds is 8. The number of nitrogens with zero attached hydrogens (tertiary/aromatic N) is 2. The maximum Gasteiger partial charge on any atom is 0.0541 e. The molecule has 10 rings (SSSR count). The molecule has 0 aliphatic carbocycles. The van der Waals surface area contributed by atoms with Crippen LogP contribution < -0.4 is 4.90 Å². The highest BCUT2D eigenvalue weighted by Gasteiger charge is 2.16. The molecular formula is C54H38N2. The molecule has 2 nitrogen and oxygen atoms in total. The SMILES string of the molecule is c1ccc(-c2ccc(N(c3ccccc3)c3ccc(-c4ccccc4-c4cccc(-c5ccc6c(c5)c5ccccc5n6-c5ccccc5)c4)cc3)cc2)cc1. The van der Waals surface area contributed by atoms with Crippen molar-refractivity contribution in [2.24, 2.45) is 0 Å². The van der Waals surface area contributed by atoms with Gasteiger partial charge < -0.3 is 9.47 Å². The van der Waals surface area contributed by atoms with Crippen LogP contribution in [0.5, 0.6) is 0 Å². The molecule has 0 spiro atoms. The molecule has 0 N–H and O–H groups in total. The van der Waals surface area contributed by atoms with E-state index in [1.807, 2.05) is 0 Å². The third-order valence-corrected chi connectivity index (χ3v) is 10.8. The second kappa shape index (κ2) is 14.4. The van der Waals surface area contributed by atoms with Crippen LogP contribution in [0.15, 0.2) is 231 Å². The zero-order valence-electron chi connectivity index (χ0n) is 30.8. The van der Waals surface area contributed by atoms with Gasteiger partial charge in [-0.05, 0) is 117 Å². The van der Waals surface area contributed by atoms with E-state index >= 15 is 0 Å². The maximum atomic E-state index is 2.37. The molecule has 0 atom stereocenters. The Kier molecular flexibility index (Phi) is 8.55. The van der Waals surface area contributed by atoms with Crippen molar-refractivity contribution in [3.63, 3.8) is 0 Å². The Hall–Kier alpha value is -7.42. The molecule has 0 saturated heterocycles. The van der Waals surface area contributed by atoms with E-state index in [-0.39, 0.29) is 0 Å². The lowest BCUT2D eigenvalue weighted by molar-refractivity contribution is 1.18. The van der Waals surface area contributed by atoms with Crippen LogP contribution in [-0.4, -0.2) is 4.57 Å². The number of anilines is 3. The lowest BCUT2D eigenvalue weighted by Gasteiger charge is -2.26. The lowest BCUT2D eigenvalue weighted by Crippen LogP contribution is -2.09. The van der Waals surface area contributed by atoms with Gasteiger partial charge in [-0.25, -0.2) is 0 Å². The molecule has 0 amide bonds. The smallest absolute Gasteiger partial charge is 0.0541 e. The number of aromatic nitrogens is 1. The van der Waals surface area contributed by atoms with Crippen LogP contribution in [0.1, 0.15) is 0 Å². The third kappa shape index (κ3) is 6.14. The summed E-state index contributed by atoms with van der Waals surface area (Å²) in [5, 5.41) is 2.51. The topological polar surface area (TPSA) is 8.17 Å². The number of para-hydroxylation sites is 3. The fourth-order valence-electron chi connectivity index (χ4n) is 8.11. The predicted molar refractivity (Wildman–Crippen MR) is 237 cm³/mol. The molecular weight excluding hydrogens is 677 g/mol. The molecule has 264 valence electrons. The third-order valence-electron chi connectivity index (χ3n) is 10.8. The molecule has 1 aromatic heterocycles. The second-order valence-corrected chi connectivity index (χ2v) is 14.2. The molecule has 0 aliphatic rings. The monoisotopic (exact) mass is 714 g/mol. The molecule has 2 heteroatoms. The van der Waals surface area contributed by atoms with Gasteiger partial charge in [-0.2, -0.15) is 0 Å². The molecule has 56 heavy (non-hydrogen) atoms. The summed E-state index contributed by atoms with van der Waals surface area (Å²) in [5.74, 6) is 0. The van der Waals surface area contributed by atoms with Crippen molar-refractivity contribution in [1.82, 2.24) is 4.57 Å². The van der Waals surface area contributed by atoms with E-state index in [1.54, 1.807) is 0 Å². The fourth-order valence-corrected chi connectivity index (χ4v) is 8.11. The standard InChI is InChI=1S/C54H38N2/c1-4-15-39(16-5-1)40-27-32-47(33-28-40)55(45-19-6-2-7-20-45)48-34-29-41(30-35-48)49-23-10-11-24-50(49)44-18-14-17-42(37-44)43-31-36-54-52(38-43)51-25-12-13-26-53(51)56(54)46-21-8-3-9-22-46/h1-38H. The van der Waals surface area contributed by atoms with Crippen molar-refractivity contribution in [2.75, 3.05) is 4.90 Å². The quantitative estimate of drug-likeness (QED) is 0.152. The van der Waals surface area contributed by atoms with Crippen LogP contribution in [0.2, 0.25) is 0 Å².